The Labute approximate surface area is 154 Å². The van der Waals surface area contributed by atoms with Gasteiger partial charge in [0, 0.05) is 31.6 Å². The van der Waals surface area contributed by atoms with Gasteiger partial charge in [-0.25, -0.2) is 12.8 Å². The molecule has 1 amide bonds. The van der Waals surface area contributed by atoms with E-state index in [-0.39, 0.29) is 17.6 Å². The van der Waals surface area contributed by atoms with Crippen LogP contribution in [0.5, 0.6) is 0 Å². The Hall–Kier alpha value is -1.67. The number of carbonyl (C=O) groups is 1. The summed E-state index contributed by atoms with van der Waals surface area (Å²) in [6, 6.07) is 6.39. The van der Waals surface area contributed by atoms with Crippen LogP contribution in [0.2, 0.25) is 0 Å². The van der Waals surface area contributed by atoms with Crippen molar-refractivity contribution in [1.82, 2.24) is 10.6 Å². The lowest BCUT2D eigenvalue weighted by atomic mass is 9.95. The first-order valence-corrected chi connectivity index (χ1v) is 10.9. The quantitative estimate of drug-likeness (QED) is 0.791. The van der Waals surface area contributed by atoms with Crippen molar-refractivity contribution in [3.63, 3.8) is 0 Å². The van der Waals surface area contributed by atoms with Crippen molar-refractivity contribution in [2.75, 3.05) is 43.9 Å². The predicted molar refractivity (Wildman–Crippen MR) is 99.4 cm³/mol. The number of hydrogen-bond donors (Lipinski definition) is 2. The van der Waals surface area contributed by atoms with Crippen LogP contribution in [0, 0.1) is 11.7 Å². The highest BCUT2D eigenvalue weighted by molar-refractivity contribution is 7.92. The van der Waals surface area contributed by atoms with Crippen LogP contribution in [0.1, 0.15) is 19.3 Å². The monoisotopic (exact) mass is 383 g/mol. The van der Waals surface area contributed by atoms with Gasteiger partial charge in [-0.1, -0.05) is 0 Å². The number of benzene rings is 1. The van der Waals surface area contributed by atoms with Crippen LogP contribution in [0.3, 0.4) is 0 Å². The lowest BCUT2D eigenvalue weighted by Gasteiger charge is -2.34. The smallest absolute Gasteiger partial charge is 0.241 e. The first-order chi connectivity index (χ1) is 12.3. The third kappa shape index (κ3) is 3.86. The molecule has 26 heavy (non-hydrogen) atoms. The highest BCUT2D eigenvalue weighted by Crippen LogP contribution is 2.29. The molecule has 0 bridgehead atoms. The fourth-order valence-corrected chi connectivity index (χ4v) is 5.24. The number of piperidine rings is 1. The number of hydrogen-bond acceptors (Lipinski definition) is 5. The summed E-state index contributed by atoms with van der Waals surface area (Å²) < 4.78 is 36.3. The molecule has 2 heterocycles. The largest absolute Gasteiger partial charge is 0.371 e. The van der Waals surface area contributed by atoms with Gasteiger partial charge in [0.2, 0.25) is 5.91 Å². The third-order valence-corrected chi connectivity index (χ3v) is 7.58. The van der Waals surface area contributed by atoms with E-state index in [1.807, 2.05) is 0 Å². The Morgan fingerprint density at radius 3 is 2.58 bits per heavy atom. The van der Waals surface area contributed by atoms with Crippen molar-refractivity contribution in [3.05, 3.63) is 30.1 Å². The number of amides is 1. The molecule has 0 aliphatic carbocycles. The Morgan fingerprint density at radius 1 is 1.31 bits per heavy atom. The summed E-state index contributed by atoms with van der Waals surface area (Å²) in [5.41, 5.74) is 0.964. The second-order valence-corrected chi connectivity index (χ2v) is 9.63. The molecule has 6 nitrogen and oxygen atoms in total. The molecular weight excluding hydrogens is 357 g/mol. The third-order valence-electron chi connectivity index (χ3n) is 5.56. The average molecular weight is 383 g/mol. The van der Waals surface area contributed by atoms with E-state index in [0.29, 0.717) is 32.5 Å². The SMILES string of the molecule is CS(=O)(=O)C1(C(=O)NCC2CCN(c3ccc(F)cc3)C2)CCNCC1. The molecule has 2 N–H and O–H groups in total. The lowest BCUT2D eigenvalue weighted by molar-refractivity contribution is -0.124. The van der Waals surface area contributed by atoms with Gasteiger partial charge in [-0.15, -0.1) is 0 Å². The second-order valence-electron chi connectivity index (χ2n) is 7.30. The van der Waals surface area contributed by atoms with Crippen LogP contribution in [0.4, 0.5) is 10.1 Å². The minimum absolute atomic E-state index is 0.252. The molecule has 1 aromatic rings. The minimum atomic E-state index is -3.49. The molecule has 0 spiro atoms. The van der Waals surface area contributed by atoms with Gasteiger partial charge >= 0.3 is 0 Å². The van der Waals surface area contributed by atoms with Gasteiger partial charge in [0.15, 0.2) is 14.6 Å². The van der Waals surface area contributed by atoms with Crippen LogP contribution in [0.25, 0.3) is 0 Å². The Balaban J connectivity index is 1.58. The van der Waals surface area contributed by atoms with Gasteiger partial charge in [-0.2, -0.15) is 0 Å². The molecule has 3 rings (SSSR count). The van der Waals surface area contributed by atoms with Gasteiger partial charge in [-0.05, 0) is 62.5 Å². The zero-order chi connectivity index (χ0) is 18.8. The van der Waals surface area contributed by atoms with Gasteiger partial charge in [0.05, 0.1) is 0 Å². The normalized spacial score (nSPS) is 23.0. The highest BCUT2D eigenvalue weighted by atomic mass is 32.2. The molecule has 144 valence electrons. The van der Waals surface area contributed by atoms with Crippen LogP contribution in [0.15, 0.2) is 24.3 Å². The minimum Gasteiger partial charge on any atom is -0.371 e. The number of carbonyl (C=O) groups excluding carboxylic acids is 1. The Morgan fingerprint density at radius 2 is 1.96 bits per heavy atom. The fraction of sp³-hybridized carbons (Fsp3) is 0.611. The van der Waals surface area contributed by atoms with E-state index in [9.17, 15) is 17.6 Å². The number of rotatable bonds is 5. The van der Waals surface area contributed by atoms with E-state index in [1.54, 1.807) is 12.1 Å². The van der Waals surface area contributed by atoms with Crippen molar-refractivity contribution in [2.45, 2.75) is 24.0 Å². The van der Waals surface area contributed by atoms with Crippen LogP contribution >= 0.6 is 0 Å². The molecule has 0 saturated carbocycles. The highest BCUT2D eigenvalue weighted by Gasteiger charge is 2.48. The van der Waals surface area contributed by atoms with E-state index in [0.717, 1.165) is 31.5 Å². The topological polar surface area (TPSA) is 78.5 Å². The number of halogens is 1. The van der Waals surface area contributed by atoms with E-state index in [4.69, 9.17) is 0 Å². The second kappa shape index (κ2) is 7.52. The summed E-state index contributed by atoms with van der Waals surface area (Å²) in [5.74, 6) is -0.381. The summed E-state index contributed by atoms with van der Waals surface area (Å²) in [5, 5.41) is 6.00. The zero-order valence-corrected chi connectivity index (χ0v) is 15.8. The fourth-order valence-electron chi connectivity index (χ4n) is 3.88. The van der Waals surface area contributed by atoms with Gasteiger partial charge < -0.3 is 15.5 Å². The predicted octanol–water partition coefficient (Wildman–Crippen LogP) is 0.935. The molecule has 2 saturated heterocycles. The molecule has 2 aliphatic heterocycles. The van der Waals surface area contributed by atoms with Crippen LogP contribution < -0.4 is 15.5 Å². The zero-order valence-electron chi connectivity index (χ0n) is 15.0. The standard InChI is InChI=1S/C18H26FN3O3S/c1-26(24,25)18(7-9-20-10-8-18)17(23)21-12-14-6-11-22(13-14)16-4-2-15(19)3-5-16/h2-5,14,20H,6-13H2,1H3,(H,21,23). The van der Waals surface area contributed by atoms with Gasteiger partial charge in [0.1, 0.15) is 5.82 Å². The van der Waals surface area contributed by atoms with Gasteiger partial charge in [0.25, 0.3) is 0 Å². The lowest BCUT2D eigenvalue weighted by Crippen LogP contribution is -2.57. The number of nitrogens with zero attached hydrogens (tertiary/aromatic N) is 1. The number of sulfone groups is 1. The first-order valence-electron chi connectivity index (χ1n) is 9.01. The van der Waals surface area contributed by atoms with Crippen LogP contribution in [-0.4, -0.2) is 58.1 Å². The van der Waals surface area contributed by atoms with Crippen molar-refractivity contribution >= 4 is 21.4 Å². The molecule has 1 unspecified atom stereocenters. The first kappa shape index (κ1) is 19.1. The van der Waals surface area contributed by atoms with Crippen molar-refractivity contribution < 1.29 is 17.6 Å². The summed E-state index contributed by atoms with van der Waals surface area (Å²) >= 11 is 0. The summed E-state index contributed by atoms with van der Waals surface area (Å²) in [6.45, 7) is 3.12. The maximum atomic E-state index is 13.0. The number of nitrogens with one attached hydrogen (secondary N) is 2. The Bertz CT molecular complexity index is 745. The van der Waals surface area contributed by atoms with Crippen molar-refractivity contribution in [2.24, 2.45) is 5.92 Å². The molecule has 8 heteroatoms. The summed E-state index contributed by atoms with van der Waals surface area (Å²) in [4.78, 5) is 14.9. The number of anilines is 1. The van der Waals surface area contributed by atoms with E-state index in [1.165, 1.54) is 12.1 Å². The maximum absolute atomic E-state index is 13.0. The van der Waals surface area contributed by atoms with E-state index in [2.05, 4.69) is 15.5 Å². The van der Waals surface area contributed by atoms with Crippen molar-refractivity contribution in [3.8, 4) is 0 Å². The molecule has 0 radical (unpaired) electrons. The van der Waals surface area contributed by atoms with E-state index < -0.39 is 14.6 Å². The van der Waals surface area contributed by atoms with Crippen molar-refractivity contribution in [1.29, 1.82) is 0 Å². The Kier molecular flexibility index (Phi) is 5.53. The summed E-state index contributed by atoms with van der Waals surface area (Å²) in [7, 11) is -3.49. The molecule has 1 atom stereocenters. The molecule has 2 aliphatic rings. The van der Waals surface area contributed by atoms with Gasteiger partial charge in [-0.3, -0.25) is 4.79 Å². The summed E-state index contributed by atoms with van der Waals surface area (Å²) in [6.07, 6.45) is 2.68. The molecule has 0 aromatic heterocycles. The molecular formula is C18H26FN3O3S. The maximum Gasteiger partial charge on any atom is 0.241 e. The molecule has 1 aromatic carbocycles. The van der Waals surface area contributed by atoms with Crippen LogP contribution in [-0.2, 0) is 14.6 Å². The average Bonchev–Trinajstić information content (AvgIpc) is 3.09. The molecule has 2 fully saturated rings. The van der Waals surface area contributed by atoms with E-state index >= 15 is 0 Å².